The van der Waals surface area contributed by atoms with E-state index in [1.54, 1.807) is 12.1 Å². The van der Waals surface area contributed by atoms with Crippen molar-refractivity contribution in [1.82, 2.24) is 0 Å². The average molecular weight is 264 g/mol. The van der Waals surface area contributed by atoms with E-state index in [4.69, 9.17) is 10.5 Å². The van der Waals surface area contributed by atoms with E-state index in [2.05, 4.69) is 11.8 Å². The van der Waals surface area contributed by atoms with Crippen LogP contribution in [0.1, 0.15) is 23.7 Å². The third-order valence-corrected chi connectivity index (χ3v) is 3.87. The summed E-state index contributed by atoms with van der Waals surface area (Å²) in [6.07, 6.45) is 1.01. The normalized spacial score (nSPS) is 22.6. The lowest BCUT2D eigenvalue weighted by molar-refractivity contribution is 0.0602. The molecule has 3 N–H and O–H groups in total. The van der Waals surface area contributed by atoms with E-state index >= 15 is 0 Å². The van der Waals surface area contributed by atoms with Gasteiger partial charge in [-0.15, -0.1) is 0 Å². The second kappa shape index (κ2) is 5.48. The zero-order chi connectivity index (χ0) is 14.0. The molecule has 1 aliphatic rings. The molecule has 1 aromatic rings. The van der Waals surface area contributed by atoms with Crippen LogP contribution in [-0.2, 0) is 4.74 Å². The summed E-state index contributed by atoms with van der Waals surface area (Å²) in [5, 5.41) is 9.51. The standard InChI is InChI=1S/C14H20N2O3/c1-9-6-7-16(12(9)8-17)11-5-3-4-10(13(11)15)14(18)19-2/h3-5,9,12,17H,6-8,15H2,1-2H3. The number of nitrogen functional groups attached to an aromatic ring is 1. The van der Waals surface area contributed by atoms with Crippen LogP contribution in [0.4, 0.5) is 11.4 Å². The van der Waals surface area contributed by atoms with Crippen LogP contribution in [0.15, 0.2) is 18.2 Å². The second-order valence-electron chi connectivity index (χ2n) is 4.94. The maximum absolute atomic E-state index is 11.6. The zero-order valence-electron chi connectivity index (χ0n) is 11.3. The minimum atomic E-state index is -0.438. The number of carbonyl (C=O) groups excluding carboxylic acids is 1. The lowest BCUT2D eigenvalue weighted by Gasteiger charge is -2.28. The number of methoxy groups -OCH3 is 1. The highest BCUT2D eigenvalue weighted by Crippen LogP contribution is 2.34. The number of aliphatic hydroxyl groups excluding tert-OH is 1. The molecule has 1 heterocycles. The van der Waals surface area contributed by atoms with Crippen LogP contribution in [0.3, 0.4) is 0 Å². The fraction of sp³-hybridized carbons (Fsp3) is 0.500. The predicted octanol–water partition coefficient (Wildman–Crippen LogP) is 1.26. The molecular formula is C14H20N2O3. The number of esters is 1. The van der Waals surface area contributed by atoms with Crippen molar-refractivity contribution in [2.24, 2.45) is 5.92 Å². The Labute approximate surface area is 113 Å². The van der Waals surface area contributed by atoms with Gasteiger partial charge in [0.1, 0.15) is 0 Å². The van der Waals surface area contributed by atoms with Crippen molar-refractivity contribution in [3.05, 3.63) is 23.8 Å². The van der Waals surface area contributed by atoms with E-state index in [0.717, 1.165) is 18.7 Å². The summed E-state index contributed by atoms with van der Waals surface area (Å²) in [5.41, 5.74) is 7.67. The Morgan fingerprint density at radius 1 is 1.58 bits per heavy atom. The first-order valence-electron chi connectivity index (χ1n) is 6.44. The molecule has 2 unspecified atom stereocenters. The van der Waals surface area contributed by atoms with Gasteiger partial charge in [0.25, 0.3) is 0 Å². The molecule has 0 spiro atoms. The van der Waals surface area contributed by atoms with Crippen LogP contribution < -0.4 is 10.6 Å². The number of benzene rings is 1. The SMILES string of the molecule is COC(=O)c1cccc(N2CCC(C)C2CO)c1N. The first-order chi connectivity index (χ1) is 9.10. The summed E-state index contributed by atoms with van der Waals surface area (Å²) in [6.45, 7) is 3.03. The quantitative estimate of drug-likeness (QED) is 0.635. The van der Waals surface area contributed by atoms with Crippen molar-refractivity contribution in [2.45, 2.75) is 19.4 Å². The van der Waals surface area contributed by atoms with Crippen LogP contribution in [0.5, 0.6) is 0 Å². The summed E-state index contributed by atoms with van der Waals surface area (Å²) in [5.74, 6) is -0.0293. The third kappa shape index (κ3) is 2.38. The largest absolute Gasteiger partial charge is 0.465 e. The maximum atomic E-state index is 11.6. The Hall–Kier alpha value is -1.75. The number of aliphatic hydroxyl groups is 1. The molecule has 1 saturated heterocycles. The van der Waals surface area contributed by atoms with Gasteiger partial charge in [-0.1, -0.05) is 13.0 Å². The Kier molecular flexibility index (Phi) is 3.95. The number of para-hydroxylation sites is 1. The van der Waals surface area contributed by atoms with E-state index in [1.165, 1.54) is 7.11 Å². The monoisotopic (exact) mass is 264 g/mol. The molecule has 2 atom stereocenters. The lowest BCUT2D eigenvalue weighted by Crippen LogP contribution is -2.35. The van der Waals surface area contributed by atoms with Crippen LogP contribution in [-0.4, -0.2) is 37.4 Å². The lowest BCUT2D eigenvalue weighted by atomic mass is 10.0. The van der Waals surface area contributed by atoms with Crippen LogP contribution in [0, 0.1) is 5.92 Å². The molecule has 5 nitrogen and oxygen atoms in total. The van der Waals surface area contributed by atoms with Crippen molar-refractivity contribution in [3.63, 3.8) is 0 Å². The van der Waals surface area contributed by atoms with Gasteiger partial charge in [0.2, 0.25) is 0 Å². The molecule has 0 saturated carbocycles. The highest BCUT2D eigenvalue weighted by Gasteiger charge is 2.32. The van der Waals surface area contributed by atoms with Gasteiger partial charge in [0, 0.05) is 6.54 Å². The van der Waals surface area contributed by atoms with E-state index in [1.807, 2.05) is 6.07 Å². The summed E-state index contributed by atoms with van der Waals surface area (Å²) >= 11 is 0. The first kappa shape index (κ1) is 13.7. The first-order valence-corrected chi connectivity index (χ1v) is 6.44. The van der Waals surface area contributed by atoms with Gasteiger partial charge in [0.15, 0.2) is 0 Å². The summed E-state index contributed by atoms with van der Waals surface area (Å²) in [4.78, 5) is 13.7. The number of anilines is 2. The molecule has 0 bridgehead atoms. The fourth-order valence-electron chi connectivity index (χ4n) is 2.68. The van der Waals surface area contributed by atoms with E-state index in [-0.39, 0.29) is 12.6 Å². The smallest absolute Gasteiger partial charge is 0.340 e. The predicted molar refractivity (Wildman–Crippen MR) is 74.2 cm³/mol. The number of ether oxygens (including phenoxy) is 1. The summed E-state index contributed by atoms with van der Waals surface area (Å²) in [7, 11) is 1.34. The molecule has 2 rings (SSSR count). The molecule has 104 valence electrons. The van der Waals surface area contributed by atoms with Crippen LogP contribution in [0.2, 0.25) is 0 Å². The van der Waals surface area contributed by atoms with Crippen molar-refractivity contribution < 1.29 is 14.6 Å². The minimum absolute atomic E-state index is 0.0511. The van der Waals surface area contributed by atoms with Crippen LogP contribution in [0.25, 0.3) is 0 Å². The molecule has 1 aliphatic heterocycles. The molecule has 0 aromatic heterocycles. The van der Waals surface area contributed by atoms with Crippen molar-refractivity contribution in [3.8, 4) is 0 Å². The number of rotatable bonds is 3. The van der Waals surface area contributed by atoms with Gasteiger partial charge in [-0.3, -0.25) is 0 Å². The summed E-state index contributed by atoms with van der Waals surface area (Å²) < 4.78 is 4.72. The number of nitrogens with two attached hydrogens (primary N) is 1. The Morgan fingerprint density at radius 2 is 2.32 bits per heavy atom. The number of nitrogens with zero attached hydrogens (tertiary/aromatic N) is 1. The number of hydrogen-bond acceptors (Lipinski definition) is 5. The molecular weight excluding hydrogens is 244 g/mol. The van der Waals surface area contributed by atoms with Crippen molar-refractivity contribution in [2.75, 3.05) is 30.9 Å². The van der Waals surface area contributed by atoms with Gasteiger partial charge in [-0.25, -0.2) is 4.79 Å². The van der Waals surface area contributed by atoms with E-state index in [9.17, 15) is 9.90 Å². The molecule has 5 heteroatoms. The number of hydrogen-bond donors (Lipinski definition) is 2. The fourth-order valence-corrected chi connectivity index (χ4v) is 2.68. The molecule has 1 aromatic carbocycles. The third-order valence-electron chi connectivity index (χ3n) is 3.87. The molecule has 0 aliphatic carbocycles. The molecule has 0 amide bonds. The van der Waals surface area contributed by atoms with E-state index < -0.39 is 5.97 Å². The average Bonchev–Trinajstić information content (AvgIpc) is 2.79. The van der Waals surface area contributed by atoms with Crippen molar-refractivity contribution in [1.29, 1.82) is 0 Å². The van der Waals surface area contributed by atoms with E-state index in [0.29, 0.717) is 17.2 Å². The topological polar surface area (TPSA) is 75.8 Å². The molecule has 0 radical (unpaired) electrons. The van der Waals surface area contributed by atoms with Gasteiger partial charge in [0.05, 0.1) is 36.7 Å². The second-order valence-corrected chi connectivity index (χ2v) is 4.94. The molecule has 1 fully saturated rings. The van der Waals surface area contributed by atoms with Gasteiger partial charge >= 0.3 is 5.97 Å². The van der Waals surface area contributed by atoms with Gasteiger partial charge in [-0.05, 0) is 24.5 Å². The Morgan fingerprint density at radius 3 is 2.95 bits per heavy atom. The Balaban J connectivity index is 2.38. The highest BCUT2D eigenvalue weighted by molar-refractivity contribution is 5.98. The molecule has 19 heavy (non-hydrogen) atoms. The van der Waals surface area contributed by atoms with Gasteiger partial charge < -0.3 is 20.5 Å². The number of carbonyl (C=O) groups is 1. The highest BCUT2D eigenvalue weighted by atomic mass is 16.5. The maximum Gasteiger partial charge on any atom is 0.340 e. The minimum Gasteiger partial charge on any atom is -0.465 e. The summed E-state index contributed by atoms with van der Waals surface area (Å²) in [6, 6.07) is 5.37. The zero-order valence-corrected chi connectivity index (χ0v) is 11.3. The van der Waals surface area contributed by atoms with Crippen LogP contribution >= 0.6 is 0 Å². The Bertz CT molecular complexity index is 476. The van der Waals surface area contributed by atoms with Crippen molar-refractivity contribution >= 4 is 17.3 Å². The van der Waals surface area contributed by atoms with Gasteiger partial charge in [-0.2, -0.15) is 0 Å².